The Hall–Kier alpha value is -0.760. The summed E-state index contributed by atoms with van der Waals surface area (Å²) in [5.74, 6) is 3.88. The first-order valence-corrected chi connectivity index (χ1v) is 13.1. The van der Waals surface area contributed by atoms with Crippen molar-refractivity contribution in [2.75, 3.05) is 0 Å². The normalized spacial score (nSPS) is 31.8. The van der Waals surface area contributed by atoms with Crippen LogP contribution in [0.15, 0.2) is 6.07 Å². The molecule has 2 saturated carbocycles. The molecule has 0 saturated heterocycles. The van der Waals surface area contributed by atoms with Crippen LogP contribution < -0.4 is 4.74 Å². The maximum Gasteiger partial charge on any atom is 0.148 e. The van der Waals surface area contributed by atoms with Gasteiger partial charge in [-0.3, -0.25) is 0 Å². The molecule has 0 N–H and O–H groups in total. The zero-order chi connectivity index (χ0) is 21.1. The summed E-state index contributed by atoms with van der Waals surface area (Å²) in [7, 11) is 0. The first kappa shape index (κ1) is 22.4. The van der Waals surface area contributed by atoms with Crippen LogP contribution in [0.25, 0.3) is 0 Å². The van der Waals surface area contributed by atoms with Crippen molar-refractivity contribution in [2.45, 2.75) is 110 Å². The van der Waals surface area contributed by atoms with Crippen molar-refractivity contribution in [3.05, 3.63) is 28.0 Å². The molecule has 1 unspecified atom stereocenters. The van der Waals surface area contributed by atoms with Gasteiger partial charge in [0.15, 0.2) is 0 Å². The first-order chi connectivity index (χ1) is 14.6. The number of benzene rings is 1. The Morgan fingerprint density at radius 3 is 2.17 bits per heavy atom. The molecule has 0 radical (unpaired) electrons. The van der Waals surface area contributed by atoms with Crippen LogP contribution >= 0.6 is 11.6 Å². The highest BCUT2D eigenvalue weighted by Crippen LogP contribution is 2.46. The van der Waals surface area contributed by atoms with E-state index in [1.54, 1.807) is 0 Å². The van der Waals surface area contributed by atoms with Crippen molar-refractivity contribution < 1.29 is 9.13 Å². The van der Waals surface area contributed by atoms with Crippen LogP contribution in [-0.2, 0) is 12.8 Å². The molecular weight excluding hydrogens is 395 g/mol. The topological polar surface area (TPSA) is 9.23 Å². The Kier molecular flexibility index (Phi) is 7.66. The van der Waals surface area contributed by atoms with Gasteiger partial charge in [0, 0.05) is 0 Å². The van der Waals surface area contributed by atoms with Gasteiger partial charge >= 0.3 is 0 Å². The molecule has 1 atom stereocenters. The standard InChI is InChI=1S/C27H40ClFO/c1-3-5-18-7-9-19(10-8-18)20-11-13-21(14-12-20)24-16-15-23-17-22(6-4-2)26(29)25(28)27(23)30-24/h17-21,24H,3-16H2,1-2H3. The van der Waals surface area contributed by atoms with Crippen molar-refractivity contribution in [3.63, 3.8) is 0 Å². The lowest BCUT2D eigenvalue weighted by Crippen LogP contribution is -2.35. The quantitative estimate of drug-likeness (QED) is 0.435. The van der Waals surface area contributed by atoms with Crippen molar-refractivity contribution in [1.29, 1.82) is 0 Å². The maximum absolute atomic E-state index is 14.7. The zero-order valence-electron chi connectivity index (χ0n) is 19.0. The first-order valence-electron chi connectivity index (χ1n) is 12.8. The van der Waals surface area contributed by atoms with E-state index in [0.29, 0.717) is 11.7 Å². The van der Waals surface area contributed by atoms with Gasteiger partial charge < -0.3 is 4.74 Å². The zero-order valence-corrected chi connectivity index (χ0v) is 19.8. The van der Waals surface area contributed by atoms with Crippen molar-refractivity contribution in [3.8, 4) is 5.75 Å². The molecule has 30 heavy (non-hydrogen) atoms. The molecule has 168 valence electrons. The van der Waals surface area contributed by atoms with Crippen LogP contribution in [0.5, 0.6) is 5.75 Å². The summed E-state index contributed by atoms with van der Waals surface area (Å²) in [4.78, 5) is 0. The molecule has 0 spiro atoms. The SMILES string of the molecule is CCCc1cc2c(c(Cl)c1F)OC(C1CCC(C3CCC(CCC)CC3)CC1)CC2. The molecule has 0 aromatic heterocycles. The second kappa shape index (κ2) is 10.2. The van der Waals surface area contributed by atoms with Gasteiger partial charge in [-0.25, -0.2) is 4.39 Å². The van der Waals surface area contributed by atoms with Gasteiger partial charge in [0.1, 0.15) is 22.7 Å². The molecule has 2 fully saturated rings. The van der Waals surface area contributed by atoms with E-state index in [4.69, 9.17) is 16.3 Å². The van der Waals surface area contributed by atoms with Crippen molar-refractivity contribution >= 4 is 11.6 Å². The summed E-state index contributed by atoms with van der Waals surface area (Å²) in [6.45, 7) is 4.40. The Balaban J connectivity index is 1.32. The van der Waals surface area contributed by atoms with E-state index in [2.05, 4.69) is 13.8 Å². The van der Waals surface area contributed by atoms with Crippen LogP contribution in [0.1, 0.15) is 102 Å². The van der Waals surface area contributed by atoms with Gasteiger partial charge in [0.05, 0.1) is 0 Å². The minimum atomic E-state index is -0.264. The lowest BCUT2D eigenvalue weighted by molar-refractivity contribution is 0.0597. The number of aryl methyl sites for hydroxylation is 2. The van der Waals surface area contributed by atoms with E-state index < -0.39 is 0 Å². The average molecular weight is 435 g/mol. The predicted octanol–water partition coefficient (Wildman–Crippen LogP) is 8.54. The number of rotatable bonds is 6. The third-order valence-electron chi connectivity index (χ3n) is 8.40. The van der Waals surface area contributed by atoms with Gasteiger partial charge in [-0.1, -0.05) is 57.6 Å². The monoisotopic (exact) mass is 434 g/mol. The maximum atomic E-state index is 14.7. The molecular formula is C27H40ClFO. The molecule has 1 nitrogen and oxygen atoms in total. The number of halogens is 2. The fourth-order valence-corrected chi connectivity index (χ4v) is 6.96. The average Bonchev–Trinajstić information content (AvgIpc) is 2.78. The van der Waals surface area contributed by atoms with Gasteiger partial charge in [0.2, 0.25) is 0 Å². The molecule has 1 aromatic rings. The molecule has 1 heterocycles. The Labute approximate surface area is 188 Å². The fourth-order valence-electron chi connectivity index (χ4n) is 6.67. The van der Waals surface area contributed by atoms with E-state index in [1.165, 1.54) is 64.2 Å². The number of ether oxygens (including phenoxy) is 1. The summed E-state index contributed by atoms with van der Waals surface area (Å²) < 4.78 is 21.0. The molecule has 3 aliphatic rings. The van der Waals surface area contributed by atoms with E-state index in [-0.39, 0.29) is 16.9 Å². The summed E-state index contributed by atoms with van der Waals surface area (Å²) in [5.41, 5.74) is 1.86. The molecule has 1 aliphatic heterocycles. The number of hydrogen-bond acceptors (Lipinski definition) is 1. The molecule has 0 amide bonds. The van der Waals surface area contributed by atoms with Gasteiger partial charge in [0.25, 0.3) is 0 Å². The van der Waals surface area contributed by atoms with Crippen LogP contribution in [0.4, 0.5) is 4.39 Å². The van der Waals surface area contributed by atoms with Crippen LogP contribution in [0.3, 0.4) is 0 Å². The molecule has 2 aliphatic carbocycles. The highest BCUT2D eigenvalue weighted by molar-refractivity contribution is 6.32. The molecule has 3 heteroatoms. The number of fused-ring (bicyclic) bond motifs is 1. The Bertz CT molecular complexity index is 701. The Morgan fingerprint density at radius 1 is 0.900 bits per heavy atom. The summed E-state index contributed by atoms with van der Waals surface area (Å²) >= 11 is 6.42. The van der Waals surface area contributed by atoms with Gasteiger partial charge in [-0.15, -0.1) is 0 Å². The van der Waals surface area contributed by atoms with Crippen LogP contribution in [0, 0.1) is 29.5 Å². The van der Waals surface area contributed by atoms with Crippen molar-refractivity contribution in [2.24, 2.45) is 23.7 Å². The van der Waals surface area contributed by atoms with Crippen LogP contribution in [-0.4, -0.2) is 6.10 Å². The smallest absolute Gasteiger partial charge is 0.148 e. The highest BCUT2D eigenvalue weighted by atomic mass is 35.5. The lowest BCUT2D eigenvalue weighted by atomic mass is 9.67. The largest absolute Gasteiger partial charge is 0.488 e. The summed E-state index contributed by atoms with van der Waals surface area (Å²) in [6, 6.07) is 2.00. The second-order valence-electron chi connectivity index (χ2n) is 10.3. The minimum Gasteiger partial charge on any atom is -0.488 e. The van der Waals surface area contributed by atoms with E-state index >= 15 is 0 Å². The second-order valence-corrected chi connectivity index (χ2v) is 10.7. The summed E-state index contributed by atoms with van der Waals surface area (Å²) in [5, 5.41) is 0.221. The summed E-state index contributed by atoms with van der Waals surface area (Å²) in [6.07, 6.45) is 17.8. The third kappa shape index (κ3) is 4.84. The fraction of sp³-hybridized carbons (Fsp3) is 0.778. The van der Waals surface area contributed by atoms with Gasteiger partial charge in [-0.05, 0) is 98.7 Å². The molecule has 4 rings (SSSR count). The van der Waals surface area contributed by atoms with E-state index in [0.717, 1.165) is 54.6 Å². The predicted molar refractivity (Wildman–Crippen MR) is 124 cm³/mol. The number of hydrogen-bond donors (Lipinski definition) is 0. The molecule has 0 bridgehead atoms. The van der Waals surface area contributed by atoms with E-state index in [1.807, 2.05) is 6.07 Å². The lowest BCUT2D eigenvalue weighted by Gasteiger charge is -2.41. The van der Waals surface area contributed by atoms with Crippen LogP contribution in [0.2, 0.25) is 5.02 Å². The third-order valence-corrected chi connectivity index (χ3v) is 8.74. The minimum absolute atomic E-state index is 0.215. The van der Waals surface area contributed by atoms with Crippen molar-refractivity contribution in [1.82, 2.24) is 0 Å². The van der Waals surface area contributed by atoms with E-state index in [9.17, 15) is 4.39 Å². The Morgan fingerprint density at radius 2 is 1.53 bits per heavy atom. The van der Waals surface area contributed by atoms with Gasteiger partial charge in [-0.2, -0.15) is 0 Å². The molecule has 1 aromatic carbocycles. The highest BCUT2D eigenvalue weighted by Gasteiger charge is 2.36.